The van der Waals surface area contributed by atoms with Crippen LogP contribution in [0.25, 0.3) is 0 Å². The molecule has 1 atom stereocenters. The van der Waals surface area contributed by atoms with E-state index in [9.17, 15) is 4.79 Å². The van der Waals surface area contributed by atoms with Crippen LogP contribution >= 0.6 is 0 Å². The molecule has 1 N–H and O–H groups in total. The average molecular weight is 343 g/mol. The zero-order chi connectivity index (χ0) is 18.4. The van der Waals surface area contributed by atoms with Crippen LogP contribution in [0.1, 0.15) is 29.7 Å². The van der Waals surface area contributed by atoms with Crippen LogP contribution in [0.15, 0.2) is 36.4 Å². The van der Waals surface area contributed by atoms with Crippen LogP contribution in [0.4, 0.5) is 0 Å². The van der Waals surface area contributed by atoms with Gasteiger partial charge in [0.25, 0.3) is 5.91 Å². The van der Waals surface area contributed by atoms with E-state index in [1.54, 1.807) is 14.2 Å². The fraction of sp³-hybridized carbons (Fsp3) is 0.350. The van der Waals surface area contributed by atoms with Gasteiger partial charge in [-0.3, -0.25) is 4.79 Å². The summed E-state index contributed by atoms with van der Waals surface area (Å²) in [6.07, 6.45) is 0. The molecule has 0 aliphatic rings. The number of methoxy groups -OCH3 is 2. The Morgan fingerprint density at radius 1 is 1.08 bits per heavy atom. The lowest BCUT2D eigenvalue weighted by atomic mass is 10.1. The largest absolute Gasteiger partial charge is 0.497 e. The van der Waals surface area contributed by atoms with Crippen LogP contribution in [-0.4, -0.2) is 26.7 Å². The highest BCUT2D eigenvalue weighted by Gasteiger charge is 2.16. The molecule has 0 fully saturated rings. The van der Waals surface area contributed by atoms with Crippen molar-refractivity contribution < 1.29 is 19.0 Å². The van der Waals surface area contributed by atoms with Gasteiger partial charge in [-0.1, -0.05) is 12.1 Å². The number of aryl methyl sites for hydroxylation is 1. The van der Waals surface area contributed by atoms with Gasteiger partial charge in [-0.05, 0) is 56.2 Å². The van der Waals surface area contributed by atoms with Crippen LogP contribution in [0.3, 0.4) is 0 Å². The summed E-state index contributed by atoms with van der Waals surface area (Å²) in [5, 5.41) is 2.93. The number of hydrogen-bond acceptors (Lipinski definition) is 4. The number of carbonyl (C=O) groups is 1. The van der Waals surface area contributed by atoms with Gasteiger partial charge in [-0.25, -0.2) is 0 Å². The summed E-state index contributed by atoms with van der Waals surface area (Å²) < 4.78 is 16.3. The van der Waals surface area contributed by atoms with Crippen LogP contribution < -0.4 is 19.5 Å². The fourth-order valence-electron chi connectivity index (χ4n) is 2.56. The monoisotopic (exact) mass is 343 g/mol. The second-order valence-corrected chi connectivity index (χ2v) is 5.88. The molecule has 0 spiro atoms. The lowest BCUT2D eigenvalue weighted by molar-refractivity contribution is -0.123. The van der Waals surface area contributed by atoms with Crippen LogP contribution in [0, 0.1) is 13.8 Å². The van der Waals surface area contributed by atoms with Crippen molar-refractivity contribution in [2.45, 2.75) is 26.8 Å². The number of rotatable bonds is 7. The normalized spacial score (nSPS) is 11.6. The van der Waals surface area contributed by atoms with Crippen molar-refractivity contribution >= 4 is 5.91 Å². The van der Waals surface area contributed by atoms with E-state index in [0.717, 1.165) is 22.4 Å². The van der Waals surface area contributed by atoms with Gasteiger partial charge in [0.1, 0.15) is 17.2 Å². The molecule has 0 saturated heterocycles. The Morgan fingerprint density at radius 3 is 2.52 bits per heavy atom. The van der Waals surface area contributed by atoms with E-state index in [0.29, 0.717) is 11.5 Å². The number of benzene rings is 2. The first-order valence-electron chi connectivity index (χ1n) is 8.16. The molecule has 0 saturated carbocycles. The second-order valence-electron chi connectivity index (χ2n) is 5.88. The van der Waals surface area contributed by atoms with Crippen molar-refractivity contribution in [3.05, 3.63) is 53.1 Å². The Labute approximate surface area is 148 Å². The van der Waals surface area contributed by atoms with Crippen molar-refractivity contribution in [3.8, 4) is 17.2 Å². The van der Waals surface area contributed by atoms with Crippen LogP contribution in [0.5, 0.6) is 17.2 Å². The number of carbonyl (C=O) groups excluding carboxylic acids is 1. The fourth-order valence-corrected chi connectivity index (χ4v) is 2.56. The Bertz CT molecular complexity index is 742. The molecule has 0 aliphatic carbocycles. The number of ether oxygens (including phenoxy) is 3. The van der Waals surface area contributed by atoms with Crippen molar-refractivity contribution in [2.75, 3.05) is 20.8 Å². The third kappa shape index (κ3) is 4.66. The molecular formula is C20H25NO4. The Hall–Kier alpha value is -2.69. The Kier molecular flexibility index (Phi) is 6.28. The maximum Gasteiger partial charge on any atom is 0.258 e. The Morgan fingerprint density at radius 2 is 1.84 bits per heavy atom. The van der Waals surface area contributed by atoms with Gasteiger partial charge in [-0.15, -0.1) is 0 Å². The van der Waals surface area contributed by atoms with Crippen LogP contribution in [-0.2, 0) is 4.79 Å². The molecule has 2 rings (SSSR count). The first-order valence-corrected chi connectivity index (χ1v) is 8.16. The van der Waals surface area contributed by atoms with Gasteiger partial charge in [0.05, 0.1) is 20.3 Å². The highest BCUT2D eigenvalue weighted by Crippen LogP contribution is 2.29. The zero-order valence-electron chi connectivity index (χ0n) is 15.4. The second kappa shape index (κ2) is 8.42. The molecule has 0 heterocycles. The van der Waals surface area contributed by atoms with Gasteiger partial charge in [0.15, 0.2) is 6.61 Å². The van der Waals surface area contributed by atoms with Gasteiger partial charge in [0.2, 0.25) is 0 Å². The smallest absolute Gasteiger partial charge is 0.258 e. The summed E-state index contributed by atoms with van der Waals surface area (Å²) in [6.45, 7) is 5.85. The van der Waals surface area contributed by atoms with E-state index in [-0.39, 0.29) is 18.6 Å². The molecule has 134 valence electrons. The number of nitrogens with one attached hydrogen (secondary N) is 1. The summed E-state index contributed by atoms with van der Waals surface area (Å²) in [7, 11) is 3.20. The van der Waals surface area contributed by atoms with Crippen molar-refractivity contribution in [1.29, 1.82) is 0 Å². The van der Waals surface area contributed by atoms with Gasteiger partial charge >= 0.3 is 0 Å². The first kappa shape index (κ1) is 18.6. The van der Waals surface area contributed by atoms with E-state index >= 15 is 0 Å². The lowest BCUT2D eigenvalue weighted by Gasteiger charge is -2.18. The summed E-state index contributed by atoms with van der Waals surface area (Å²) in [5.74, 6) is 1.94. The highest BCUT2D eigenvalue weighted by atomic mass is 16.5. The van der Waals surface area contributed by atoms with E-state index in [1.807, 2.05) is 57.2 Å². The summed E-state index contributed by atoms with van der Waals surface area (Å²) >= 11 is 0. The Balaban J connectivity index is 2.01. The zero-order valence-corrected chi connectivity index (χ0v) is 15.4. The average Bonchev–Trinajstić information content (AvgIpc) is 2.62. The molecular weight excluding hydrogens is 318 g/mol. The standard InChI is InChI=1S/C20H25NO4/c1-13-7-6-8-18(14(13)2)25-12-20(22)21-15(3)17-11-16(23-4)9-10-19(17)24-5/h6-11,15H,12H2,1-5H3,(H,21,22). The van der Waals surface area contributed by atoms with E-state index in [2.05, 4.69) is 5.32 Å². The van der Waals surface area contributed by atoms with E-state index in [1.165, 1.54) is 0 Å². The third-order valence-electron chi connectivity index (χ3n) is 4.19. The van der Waals surface area contributed by atoms with Crippen molar-refractivity contribution in [1.82, 2.24) is 5.32 Å². The topological polar surface area (TPSA) is 56.8 Å². The molecule has 0 aromatic heterocycles. The minimum atomic E-state index is -0.236. The van der Waals surface area contributed by atoms with Gasteiger partial charge in [0, 0.05) is 5.56 Å². The van der Waals surface area contributed by atoms with Gasteiger partial charge < -0.3 is 19.5 Å². The summed E-state index contributed by atoms with van der Waals surface area (Å²) in [4.78, 5) is 12.2. The minimum absolute atomic E-state index is 0.0408. The maximum absolute atomic E-state index is 12.2. The molecule has 0 bridgehead atoms. The predicted molar refractivity (Wildman–Crippen MR) is 97.5 cm³/mol. The minimum Gasteiger partial charge on any atom is -0.497 e. The van der Waals surface area contributed by atoms with E-state index < -0.39 is 0 Å². The molecule has 5 nitrogen and oxygen atoms in total. The number of amides is 1. The summed E-state index contributed by atoms with van der Waals surface area (Å²) in [5.41, 5.74) is 3.02. The highest BCUT2D eigenvalue weighted by molar-refractivity contribution is 5.78. The molecule has 2 aromatic carbocycles. The number of hydrogen-bond donors (Lipinski definition) is 1. The van der Waals surface area contributed by atoms with Crippen molar-refractivity contribution in [3.63, 3.8) is 0 Å². The van der Waals surface area contributed by atoms with Crippen molar-refractivity contribution in [2.24, 2.45) is 0 Å². The molecule has 0 radical (unpaired) electrons. The first-order chi connectivity index (χ1) is 12.0. The maximum atomic E-state index is 12.2. The third-order valence-corrected chi connectivity index (χ3v) is 4.19. The SMILES string of the molecule is COc1ccc(OC)c(C(C)NC(=O)COc2cccc(C)c2C)c1. The molecule has 0 aliphatic heterocycles. The summed E-state index contributed by atoms with van der Waals surface area (Å²) in [6, 6.07) is 11.1. The van der Waals surface area contributed by atoms with Gasteiger partial charge in [-0.2, -0.15) is 0 Å². The molecule has 1 amide bonds. The predicted octanol–water partition coefficient (Wildman–Crippen LogP) is 3.58. The molecule has 5 heteroatoms. The quantitative estimate of drug-likeness (QED) is 0.835. The molecule has 1 unspecified atom stereocenters. The van der Waals surface area contributed by atoms with E-state index in [4.69, 9.17) is 14.2 Å². The lowest BCUT2D eigenvalue weighted by Crippen LogP contribution is -2.31. The molecule has 2 aromatic rings. The van der Waals surface area contributed by atoms with Crippen LogP contribution in [0.2, 0.25) is 0 Å². The molecule has 25 heavy (non-hydrogen) atoms.